The van der Waals surface area contributed by atoms with Gasteiger partial charge in [-0.1, -0.05) is 31.2 Å². The topological polar surface area (TPSA) is 86.8 Å². The molecule has 0 heterocycles. The molecule has 0 aliphatic heterocycles. The molecule has 43 heavy (non-hydrogen) atoms. The third-order valence-electron chi connectivity index (χ3n) is 9.64. The monoisotopic (exact) mass is 611 g/mol. The number of anilines is 1. The van der Waals surface area contributed by atoms with Gasteiger partial charge in [0, 0.05) is 12.1 Å². The van der Waals surface area contributed by atoms with Crippen molar-refractivity contribution in [2.45, 2.75) is 96.2 Å². The van der Waals surface area contributed by atoms with Crippen molar-refractivity contribution in [2.24, 2.45) is 17.8 Å². The molecule has 0 saturated heterocycles. The number of rotatable bonds is 10. The van der Waals surface area contributed by atoms with E-state index in [4.69, 9.17) is 0 Å². The number of carbonyl (C=O) groups is 2. The molecule has 4 aliphatic carbocycles. The van der Waals surface area contributed by atoms with Gasteiger partial charge in [0.1, 0.15) is 18.4 Å². The summed E-state index contributed by atoms with van der Waals surface area (Å²) in [7, 11) is -3.83. The van der Waals surface area contributed by atoms with Crippen molar-refractivity contribution < 1.29 is 22.4 Å². The van der Waals surface area contributed by atoms with E-state index in [1.807, 2.05) is 39.8 Å². The highest BCUT2D eigenvalue weighted by atomic mass is 32.2. The van der Waals surface area contributed by atoms with Gasteiger partial charge < -0.3 is 10.2 Å². The third kappa shape index (κ3) is 7.08. The van der Waals surface area contributed by atoms with E-state index in [9.17, 15) is 22.4 Å². The zero-order chi connectivity index (χ0) is 31.2. The Morgan fingerprint density at radius 2 is 1.49 bits per heavy atom. The predicted molar refractivity (Wildman–Crippen MR) is 167 cm³/mol. The molecule has 2 aromatic carbocycles. The Hall–Kier alpha value is -2.94. The Morgan fingerprint density at radius 3 is 1.95 bits per heavy atom. The minimum Gasteiger partial charge on any atom is -0.350 e. The van der Waals surface area contributed by atoms with Gasteiger partial charge in [-0.25, -0.2) is 12.8 Å². The van der Waals surface area contributed by atoms with Gasteiger partial charge in [0.05, 0.1) is 11.9 Å². The number of nitrogens with one attached hydrogen (secondary N) is 1. The molecular formula is C34H46FN3O4S. The van der Waals surface area contributed by atoms with E-state index in [0.717, 1.165) is 28.3 Å². The third-order valence-corrected chi connectivity index (χ3v) is 10.8. The highest BCUT2D eigenvalue weighted by molar-refractivity contribution is 7.92. The van der Waals surface area contributed by atoms with E-state index < -0.39 is 39.9 Å². The van der Waals surface area contributed by atoms with Crippen molar-refractivity contribution in [2.75, 3.05) is 17.1 Å². The standard InChI is InChI=1S/C34H46FN3O4S/c1-6-30(32(40)36-33(2,3)4)37(21-23-7-11-28(35)12-8-23)31(39)22-38(43(5,41)42)29-13-9-27(10-14-29)34-18-24-15-25(19-34)17-26(16-24)20-34/h7-14,24-26,30H,6,15-22H2,1-5H3,(H,36,40). The van der Waals surface area contributed by atoms with Gasteiger partial charge in [0.25, 0.3) is 0 Å². The molecule has 4 fully saturated rings. The molecule has 1 atom stereocenters. The summed E-state index contributed by atoms with van der Waals surface area (Å²) in [6, 6.07) is 12.7. The van der Waals surface area contributed by atoms with Gasteiger partial charge in [0.2, 0.25) is 21.8 Å². The molecule has 7 nitrogen and oxygen atoms in total. The van der Waals surface area contributed by atoms with Crippen molar-refractivity contribution in [1.29, 1.82) is 0 Å². The molecule has 0 spiro atoms. The van der Waals surface area contributed by atoms with Crippen LogP contribution in [0.5, 0.6) is 0 Å². The van der Waals surface area contributed by atoms with Crippen LogP contribution in [0.15, 0.2) is 48.5 Å². The first-order chi connectivity index (χ1) is 20.2. The fourth-order valence-electron chi connectivity index (χ4n) is 8.22. The summed E-state index contributed by atoms with van der Waals surface area (Å²) in [6.07, 6.45) is 9.10. The van der Waals surface area contributed by atoms with E-state index in [0.29, 0.717) is 17.7 Å². The van der Waals surface area contributed by atoms with Crippen LogP contribution in [0.4, 0.5) is 10.1 Å². The maximum absolute atomic E-state index is 14.0. The van der Waals surface area contributed by atoms with Crippen molar-refractivity contribution in [3.8, 4) is 0 Å². The molecule has 0 aromatic heterocycles. The minimum atomic E-state index is -3.83. The second-order valence-electron chi connectivity index (χ2n) is 14.3. The first-order valence-corrected chi connectivity index (χ1v) is 17.4. The lowest BCUT2D eigenvalue weighted by Gasteiger charge is -2.57. The predicted octanol–water partition coefficient (Wildman–Crippen LogP) is 5.78. The summed E-state index contributed by atoms with van der Waals surface area (Å²) < 4.78 is 40.9. The van der Waals surface area contributed by atoms with Crippen LogP contribution in [0.3, 0.4) is 0 Å². The number of hydrogen-bond acceptors (Lipinski definition) is 4. The maximum Gasteiger partial charge on any atom is 0.244 e. The smallest absolute Gasteiger partial charge is 0.244 e. The summed E-state index contributed by atoms with van der Waals surface area (Å²) in [5.41, 5.74) is 2.00. The highest BCUT2D eigenvalue weighted by Crippen LogP contribution is 2.60. The van der Waals surface area contributed by atoms with E-state index >= 15 is 0 Å². The van der Waals surface area contributed by atoms with Gasteiger partial charge in [-0.2, -0.15) is 0 Å². The second-order valence-corrected chi connectivity index (χ2v) is 16.2. The average molecular weight is 612 g/mol. The van der Waals surface area contributed by atoms with Crippen LogP contribution in [-0.2, 0) is 31.6 Å². The number of nitrogens with zero attached hydrogens (tertiary/aromatic N) is 2. The molecule has 1 unspecified atom stereocenters. The Balaban J connectivity index is 1.41. The molecule has 234 valence electrons. The Bertz CT molecular complexity index is 1400. The summed E-state index contributed by atoms with van der Waals surface area (Å²) in [5, 5.41) is 2.95. The highest BCUT2D eigenvalue weighted by Gasteiger charge is 2.51. The van der Waals surface area contributed by atoms with Crippen LogP contribution < -0.4 is 9.62 Å². The molecular weight excluding hydrogens is 565 g/mol. The largest absolute Gasteiger partial charge is 0.350 e. The van der Waals surface area contributed by atoms with E-state index in [1.54, 1.807) is 12.1 Å². The fourth-order valence-corrected chi connectivity index (χ4v) is 9.07. The minimum absolute atomic E-state index is 0.0394. The van der Waals surface area contributed by atoms with Crippen LogP contribution in [0, 0.1) is 23.6 Å². The summed E-state index contributed by atoms with van der Waals surface area (Å²) in [5.74, 6) is 1.16. The number of amides is 2. The Morgan fingerprint density at radius 1 is 0.953 bits per heavy atom. The van der Waals surface area contributed by atoms with Gasteiger partial charge in [-0.3, -0.25) is 13.9 Å². The van der Waals surface area contributed by atoms with Crippen LogP contribution in [0.1, 0.15) is 83.8 Å². The SMILES string of the molecule is CCC(C(=O)NC(C)(C)C)N(Cc1ccc(F)cc1)C(=O)CN(c1ccc(C23CC4CC(CC(C4)C2)C3)cc1)S(C)(=O)=O. The van der Waals surface area contributed by atoms with Crippen molar-refractivity contribution in [3.05, 3.63) is 65.5 Å². The van der Waals surface area contributed by atoms with Crippen LogP contribution in [0.25, 0.3) is 0 Å². The second kappa shape index (κ2) is 11.9. The number of hydrogen-bond donors (Lipinski definition) is 1. The molecule has 1 N–H and O–H groups in total. The molecule has 6 rings (SSSR count). The van der Waals surface area contributed by atoms with Crippen molar-refractivity contribution >= 4 is 27.5 Å². The molecule has 4 bridgehead atoms. The van der Waals surface area contributed by atoms with Crippen molar-refractivity contribution in [1.82, 2.24) is 10.2 Å². The normalized spacial score (nSPS) is 25.3. The van der Waals surface area contributed by atoms with Crippen LogP contribution in [0.2, 0.25) is 0 Å². The summed E-state index contributed by atoms with van der Waals surface area (Å²) in [4.78, 5) is 28.7. The fraction of sp³-hybridized carbons (Fsp3) is 0.588. The lowest BCUT2D eigenvalue weighted by atomic mass is 9.48. The number of carbonyl (C=O) groups excluding carboxylic acids is 2. The Labute approximate surface area is 256 Å². The molecule has 4 aliphatic rings. The first kappa shape index (κ1) is 31.5. The van der Waals surface area contributed by atoms with Crippen LogP contribution >= 0.6 is 0 Å². The maximum atomic E-state index is 14.0. The van der Waals surface area contributed by atoms with Crippen molar-refractivity contribution in [3.63, 3.8) is 0 Å². The molecule has 9 heteroatoms. The van der Waals surface area contributed by atoms with Gasteiger partial charge in [-0.15, -0.1) is 0 Å². The molecule has 0 radical (unpaired) electrons. The zero-order valence-electron chi connectivity index (χ0n) is 26.1. The summed E-state index contributed by atoms with van der Waals surface area (Å²) >= 11 is 0. The van der Waals surface area contributed by atoms with Gasteiger partial charge in [-0.05, 0) is 124 Å². The number of sulfonamides is 1. The lowest BCUT2D eigenvalue weighted by molar-refractivity contribution is -0.141. The molecule has 2 amide bonds. The Kier molecular flexibility index (Phi) is 8.69. The van der Waals surface area contributed by atoms with E-state index in [2.05, 4.69) is 17.4 Å². The first-order valence-electron chi connectivity index (χ1n) is 15.6. The average Bonchev–Trinajstić information content (AvgIpc) is 2.90. The van der Waals surface area contributed by atoms with E-state index in [-0.39, 0.29) is 17.9 Å². The number of benzene rings is 2. The number of halogens is 1. The quantitative estimate of drug-likeness (QED) is 0.369. The zero-order valence-corrected chi connectivity index (χ0v) is 26.9. The van der Waals surface area contributed by atoms with Gasteiger partial charge in [0.15, 0.2) is 0 Å². The molecule has 2 aromatic rings. The van der Waals surface area contributed by atoms with Crippen LogP contribution in [-0.4, -0.2) is 49.5 Å². The van der Waals surface area contributed by atoms with E-state index in [1.165, 1.54) is 61.1 Å². The van der Waals surface area contributed by atoms with Gasteiger partial charge >= 0.3 is 0 Å². The lowest BCUT2D eigenvalue weighted by Crippen LogP contribution is -2.55. The summed E-state index contributed by atoms with van der Waals surface area (Å²) in [6.45, 7) is 7.00. The molecule has 4 saturated carbocycles.